The second-order valence-electron chi connectivity index (χ2n) is 3.79. The van der Waals surface area contributed by atoms with Crippen LogP contribution in [0.3, 0.4) is 0 Å². The minimum Gasteiger partial charge on any atom is -0.481 e. The number of terminal acetylenes is 1. The summed E-state index contributed by atoms with van der Waals surface area (Å²) in [4.78, 5) is 11.6. The quantitative estimate of drug-likeness (QED) is 0.721. The van der Waals surface area contributed by atoms with Crippen LogP contribution in [-0.2, 0) is 14.8 Å². The van der Waals surface area contributed by atoms with Crippen LogP contribution in [0.25, 0.3) is 0 Å². The summed E-state index contributed by atoms with van der Waals surface area (Å²) in [7, 11) is -3.38. The molecule has 1 amide bonds. The Labute approximate surface area is 118 Å². The number of hydrogen-bond donors (Lipinski definition) is 2. The Morgan fingerprint density at radius 3 is 2.85 bits per heavy atom. The second-order valence-corrected chi connectivity index (χ2v) is 5.89. The smallest absolute Gasteiger partial charge is 0.239 e. The lowest BCUT2D eigenvalue weighted by Gasteiger charge is -2.08. The molecule has 108 valence electrons. The molecule has 0 radical (unpaired) electrons. The maximum Gasteiger partial charge on any atom is 0.239 e. The van der Waals surface area contributed by atoms with Crippen molar-refractivity contribution in [2.24, 2.45) is 0 Å². The first-order valence-corrected chi connectivity index (χ1v) is 7.55. The molecule has 0 unspecified atom stereocenters. The van der Waals surface area contributed by atoms with E-state index in [1.165, 1.54) is 6.92 Å². The monoisotopic (exact) mass is 296 g/mol. The van der Waals surface area contributed by atoms with E-state index in [0.717, 1.165) is 0 Å². The first kappa shape index (κ1) is 16.0. The van der Waals surface area contributed by atoms with Gasteiger partial charge in [-0.05, 0) is 19.1 Å². The predicted molar refractivity (Wildman–Crippen MR) is 76.9 cm³/mol. The maximum absolute atomic E-state index is 11.6. The zero-order chi connectivity index (χ0) is 15.0. The first-order valence-electron chi connectivity index (χ1n) is 5.90. The predicted octanol–water partition coefficient (Wildman–Crippen LogP) is 0.576. The van der Waals surface area contributed by atoms with E-state index < -0.39 is 15.9 Å². The fourth-order valence-corrected chi connectivity index (χ4v) is 1.83. The third-order valence-electron chi connectivity index (χ3n) is 2.27. The van der Waals surface area contributed by atoms with E-state index in [-0.39, 0.29) is 18.9 Å². The van der Waals surface area contributed by atoms with Crippen LogP contribution in [0.2, 0.25) is 0 Å². The van der Waals surface area contributed by atoms with Gasteiger partial charge in [0.05, 0.1) is 12.3 Å². The molecule has 0 saturated heterocycles. The third-order valence-corrected chi connectivity index (χ3v) is 3.62. The molecule has 1 aromatic carbocycles. The number of rotatable bonds is 7. The van der Waals surface area contributed by atoms with E-state index in [0.29, 0.717) is 11.4 Å². The van der Waals surface area contributed by atoms with Gasteiger partial charge in [0, 0.05) is 11.8 Å². The van der Waals surface area contributed by atoms with Gasteiger partial charge >= 0.3 is 0 Å². The van der Waals surface area contributed by atoms with E-state index in [2.05, 4.69) is 16.0 Å². The summed E-state index contributed by atoms with van der Waals surface area (Å²) in [5.74, 6) is 2.32. The van der Waals surface area contributed by atoms with Gasteiger partial charge in [-0.15, -0.1) is 6.42 Å². The highest BCUT2D eigenvalue weighted by molar-refractivity contribution is 7.89. The van der Waals surface area contributed by atoms with Crippen LogP contribution in [0.4, 0.5) is 5.69 Å². The number of sulfonamides is 1. The SMILES string of the molecule is C#CCOc1cccc(NC(=O)CNS(=O)(=O)CC)c1. The molecule has 0 spiro atoms. The Bertz CT molecular complexity index is 605. The Morgan fingerprint density at radius 1 is 1.45 bits per heavy atom. The summed E-state index contributed by atoms with van der Waals surface area (Å²) in [6.45, 7) is 1.31. The van der Waals surface area contributed by atoms with E-state index in [4.69, 9.17) is 11.2 Å². The minimum atomic E-state index is -3.38. The molecule has 7 heteroatoms. The molecule has 2 N–H and O–H groups in total. The fraction of sp³-hybridized carbons (Fsp3) is 0.308. The molecule has 0 aliphatic rings. The fourth-order valence-electron chi connectivity index (χ4n) is 1.27. The van der Waals surface area contributed by atoms with Gasteiger partial charge in [0.25, 0.3) is 0 Å². The van der Waals surface area contributed by atoms with E-state index >= 15 is 0 Å². The maximum atomic E-state index is 11.6. The molecule has 0 bridgehead atoms. The van der Waals surface area contributed by atoms with Gasteiger partial charge in [-0.2, -0.15) is 0 Å². The third kappa shape index (κ3) is 5.73. The average Bonchev–Trinajstić information content (AvgIpc) is 2.43. The number of nitrogens with one attached hydrogen (secondary N) is 2. The van der Waals surface area contributed by atoms with Crippen molar-refractivity contribution in [3.05, 3.63) is 24.3 Å². The van der Waals surface area contributed by atoms with Gasteiger partial charge in [0.15, 0.2) is 0 Å². The van der Waals surface area contributed by atoms with Crippen molar-refractivity contribution in [3.8, 4) is 18.1 Å². The summed E-state index contributed by atoms with van der Waals surface area (Å²) in [5, 5.41) is 2.56. The van der Waals surface area contributed by atoms with Crippen molar-refractivity contribution < 1.29 is 17.9 Å². The number of carbonyl (C=O) groups excluding carboxylic acids is 1. The van der Waals surface area contributed by atoms with Gasteiger partial charge in [-0.1, -0.05) is 12.0 Å². The lowest BCUT2D eigenvalue weighted by atomic mass is 10.3. The summed E-state index contributed by atoms with van der Waals surface area (Å²) >= 11 is 0. The number of hydrogen-bond acceptors (Lipinski definition) is 4. The molecule has 0 aliphatic carbocycles. The van der Waals surface area contributed by atoms with Crippen molar-refractivity contribution >= 4 is 21.6 Å². The Kier molecular flexibility index (Phi) is 6.03. The van der Waals surface area contributed by atoms with Crippen LogP contribution >= 0.6 is 0 Å². The lowest BCUT2D eigenvalue weighted by molar-refractivity contribution is -0.115. The average molecular weight is 296 g/mol. The van der Waals surface area contributed by atoms with Crippen LogP contribution in [0.1, 0.15) is 6.92 Å². The molecule has 1 rings (SSSR count). The van der Waals surface area contributed by atoms with Crippen LogP contribution in [-0.4, -0.2) is 33.2 Å². The highest BCUT2D eigenvalue weighted by Gasteiger charge is 2.09. The number of amides is 1. The van der Waals surface area contributed by atoms with Gasteiger partial charge in [0.2, 0.25) is 15.9 Å². The Balaban J connectivity index is 2.56. The molecule has 0 fully saturated rings. The molecule has 0 saturated carbocycles. The molecule has 1 aromatic rings. The minimum absolute atomic E-state index is 0.0737. The number of anilines is 1. The van der Waals surface area contributed by atoms with Crippen molar-refractivity contribution in [1.82, 2.24) is 4.72 Å². The van der Waals surface area contributed by atoms with Gasteiger partial charge in [-0.25, -0.2) is 13.1 Å². The second kappa shape index (κ2) is 7.53. The normalized spacial score (nSPS) is 10.6. The van der Waals surface area contributed by atoms with Crippen LogP contribution in [0, 0.1) is 12.3 Å². The zero-order valence-corrected chi connectivity index (χ0v) is 11.9. The van der Waals surface area contributed by atoms with Crippen LogP contribution in [0.5, 0.6) is 5.75 Å². The molecular weight excluding hydrogens is 280 g/mol. The van der Waals surface area contributed by atoms with Gasteiger partial charge in [-0.3, -0.25) is 4.79 Å². The summed E-state index contributed by atoms with van der Waals surface area (Å²) < 4.78 is 29.8. The van der Waals surface area contributed by atoms with Crippen molar-refractivity contribution in [1.29, 1.82) is 0 Å². The summed E-state index contributed by atoms with van der Waals surface area (Å²) in [6, 6.07) is 6.66. The Hall–Kier alpha value is -2.04. The van der Waals surface area contributed by atoms with Gasteiger partial charge in [0.1, 0.15) is 12.4 Å². The lowest BCUT2D eigenvalue weighted by Crippen LogP contribution is -2.33. The zero-order valence-electron chi connectivity index (χ0n) is 11.0. The summed E-state index contributed by atoms with van der Waals surface area (Å²) in [6.07, 6.45) is 5.08. The van der Waals surface area contributed by atoms with Crippen LogP contribution < -0.4 is 14.8 Å². The van der Waals surface area contributed by atoms with Crippen molar-refractivity contribution in [2.45, 2.75) is 6.92 Å². The van der Waals surface area contributed by atoms with Crippen molar-refractivity contribution in [2.75, 3.05) is 24.2 Å². The molecule has 6 nitrogen and oxygen atoms in total. The van der Waals surface area contributed by atoms with Crippen LogP contribution in [0.15, 0.2) is 24.3 Å². The number of benzene rings is 1. The molecule has 0 atom stereocenters. The molecule has 0 aromatic heterocycles. The molecule has 0 aliphatic heterocycles. The molecule has 0 heterocycles. The van der Waals surface area contributed by atoms with Gasteiger partial charge < -0.3 is 10.1 Å². The number of carbonyl (C=O) groups is 1. The number of ether oxygens (including phenoxy) is 1. The van der Waals surface area contributed by atoms with E-state index in [1.807, 2.05) is 0 Å². The van der Waals surface area contributed by atoms with E-state index in [9.17, 15) is 13.2 Å². The topological polar surface area (TPSA) is 84.5 Å². The van der Waals surface area contributed by atoms with E-state index in [1.54, 1.807) is 24.3 Å². The largest absolute Gasteiger partial charge is 0.481 e. The highest BCUT2D eigenvalue weighted by atomic mass is 32.2. The molecule has 20 heavy (non-hydrogen) atoms. The summed E-state index contributed by atoms with van der Waals surface area (Å²) in [5.41, 5.74) is 0.500. The highest BCUT2D eigenvalue weighted by Crippen LogP contribution is 2.16. The first-order chi connectivity index (χ1) is 9.46. The Morgan fingerprint density at radius 2 is 2.20 bits per heavy atom. The van der Waals surface area contributed by atoms with Crippen molar-refractivity contribution in [3.63, 3.8) is 0 Å². The standard InChI is InChI=1S/C13H16N2O4S/c1-3-8-19-12-7-5-6-11(9-12)15-13(16)10-14-20(17,18)4-2/h1,5-7,9,14H,4,8,10H2,2H3,(H,15,16). The molecular formula is C13H16N2O4S.